The summed E-state index contributed by atoms with van der Waals surface area (Å²) in [5, 5.41) is 2.88. The standard InChI is InChI=1S/C24H37N5O3/c1-17-20-8-9-22(31)29(14-18-6-4-3-5-7-18)24(20)27-23(26-17)19-10-12-28(15-19)16-21(30)25-11-13-32-2/h18-19H,3-16H2,1-2H3,(H,25,30). The van der Waals surface area contributed by atoms with Crippen molar-refractivity contribution in [1.29, 1.82) is 0 Å². The molecular weight excluding hydrogens is 406 g/mol. The molecule has 3 heterocycles. The number of ether oxygens (including phenoxy) is 1. The minimum Gasteiger partial charge on any atom is -0.383 e. The molecule has 3 aliphatic rings. The lowest BCUT2D eigenvalue weighted by atomic mass is 9.88. The maximum atomic E-state index is 12.9. The summed E-state index contributed by atoms with van der Waals surface area (Å²) < 4.78 is 4.98. The molecule has 1 N–H and O–H groups in total. The van der Waals surface area contributed by atoms with Crippen molar-refractivity contribution in [2.45, 2.75) is 64.2 Å². The Kier molecular flexibility index (Phi) is 7.73. The van der Waals surface area contributed by atoms with Crippen LogP contribution in [0.5, 0.6) is 0 Å². The average Bonchev–Trinajstić information content (AvgIpc) is 3.25. The molecule has 2 fully saturated rings. The number of carbonyl (C=O) groups excluding carboxylic acids is 2. The van der Waals surface area contributed by atoms with Gasteiger partial charge in [0, 0.05) is 50.3 Å². The number of rotatable bonds is 8. The fourth-order valence-electron chi connectivity index (χ4n) is 5.34. The molecular formula is C24H37N5O3. The van der Waals surface area contributed by atoms with Crippen LogP contribution in [0, 0.1) is 12.8 Å². The minimum absolute atomic E-state index is 0.0227. The Morgan fingerprint density at radius 2 is 1.97 bits per heavy atom. The fourth-order valence-corrected chi connectivity index (χ4v) is 5.34. The Hall–Kier alpha value is -2.06. The highest BCUT2D eigenvalue weighted by atomic mass is 16.5. The molecule has 1 unspecified atom stereocenters. The van der Waals surface area contributed by atoms with Crippen molar-refractivity contribution in [2.75, 3.05) is 51.3 Å². The number of nitrogens with zero attached hydrogens (tertiary/aromatic N) is 4. The third kappa shape index (κ3) is 5.46. The molecule has 32 heavy (non-hydrogen) atoms. The van der Waals surface area contributed by atoms with E-state index < -0.39 is 0 Å². The predicted molar refractivity (Wildman–Crippen MR) is 123 cm³/mol. The van der Waals surface area contributed by atoms with Crippen LogP contribution in [0.2, 0.25) is 0 Å². The molecule has 8 nitrogen and oxygen atoms in total. The number of hydrogen-bond acceptors (Lipinski definition) is 6. The summed E-state index contributed by atoms with van der Waals surface area (Å²) in [5.74, 6) is 2.68. The van der Waals surface area contributed by atoms with Crippen LogP contribution in [-0.2, 0) is 20.7 Å². The molecule has 2 amide bonds. The number of likely N-dealkylation sites (tertiary alicyclic amines) is 1. The van der Waals surface area contributed by atoms with E-state index in [0.717, 1.165) is 55.4 Å². The number of nitrogens with one attached hydrogen (secondary N) is 1. The quantitative estimate of drug-likeness (QED) is 0.620. The lowest BCUT2D eigenvalue weighted by Gasteiger charge is -2.33. The Morgan fingerprint density at radius 1 is 1.16 bits per heavy atom. The Morgan fingerprint density at radius 3 is 2.75 bits per heavy atom. The third-order valence-electron chi connectivity index (χ3n) is 7.15. The molecule has 1 aromatic heterocycles. The van der Waals surface area contributed by atoms with Crippen LogP contribution in [0.15, 0.2) is 0 Å². The number of carbonyl (C=O) groups is 2. The van der Waals surface area contributed by atoms with Gasteiger partial charge in [-0.2, -0.15) is 0 Å². The van der Waals surface area contributed by atoms with Gasteiger partial charge in [-0.15, -0.1) is 0 Å². The molecule has 4 rings (SSSR count). The molecule has 1 aromatic rings. The van der Waals surface area contributed by atoms with Crippen LogP contribution in [-0.4, -0.2) is 73.1 Å². The first-order valence-corrected chi connectivity index (χ1v) is 12.2. The van der Waals surface area contributed by atoms with E-state index in [1.54, 1.807) is 7.11 Å². The van der Waals surface area contributed by atoms with E-state index in [9.17, 15) is 9.59 Å². The Balaban J connectivity index is 1.45. The fraction of sp³-hybridized carbons (Fsp3) is 0.750. The highest BCUT2D eigenvalue weighted by molar-refractivity contribution is 5.95. The highest BCUT2D eigenvalue weighted by Gasteiger charge is 2.33. The van der Waals surface area contributed by atoms with E-state index in [4.69, 9.17) is 14.7 Å². The summed E-state index contributed by atoms with van der Waals surface area (Å²) in [6, 6.07) is 0. The maximum Gasteiger partial charge on any atom is 0.234 e. The van der Waals surface area contributed by atoms with Crippen LogP contribution >= 0.6 is 0 Å². The molecule has 8 heteroatoms. The SMILES string of the molecule is COCCNC(=O)CN1CCC(c2nc(C)c3c(n2)N(CC2CCCCC2)C(=O)CC3)C1. The van der Waals surface area contributed by atoms with E-state index >= 15 is 0 Å². The smallest absolute Gasteiger partial charge is 0.234 e. The van der Waals surface area contributed by atoms with E-state index in [-0.39, 0.29) is 17.7 Å². The van der Waals surface area contributed by atoms with E-state index in [1.807, 2.05) is 4.90 Å². The van der Waals surface area contributed by atoms with Crippen molar-refractivity contribution in [3.8, 4) is 0 Å². The van der Waals surface area contributed by atoms with Gasteiger partial charge in [-0.3, -0.25) is 19.4 Å². The second-order valence-electron chi connectivity index (χ2n) is 9.54. The molecule has 1 atom stereocenters. The van der Waals surface area contributed by atoms with Crippen molar-refractivity contribution < 1.29 is 14.3 Å². The molecule has 0 bridgehead atoms. The molecule has 0 radical (unpaired) electrons. The number of amides is 2. The van der Waals surface area contributed by atoms with Crippen LogP contribution in [0.1, 0.15) is 67.9 Å². The van der Waals surface area contributed by atoms with Crippen molar-refractivity contribution in [2.24, 2.45) is 5.92 Å². The lowest BCUT2D eigenvalue weighted by Crippen LogP contribution is -2.40. The normalized spacial score (nSPS) is 22.2. The number of anilines is 1. The Labute approximate surface area is 191 Å². The first-order chi connectivity index (χ1) is 15.5. The van der Waals surface area contributed by atoms with Gasteiger partial charge in [-0.25, -0.2) is 9.97 Å². The van der Waals surface area contributed by atoms with Crippen molar-refractivity contribution in [1.82, 2.24) is 20.2 Å². The van der Waals surface area contributed by atoms with Crippen molar-refractivity contribution >= 4 is 17.6 Å². The largest absolute Gasteiger partial charge is 0.383 e. The van der Waals surface area contributed by atoms with Gasteiger partial charge >= 0.3 is 0 Å². The summed E-state index contributed by atoms with van der Waals surface area (Å²) in [7, 11) is 1.63. The average molecular weight is 444 g/mol. The summed E-state index contributed by atoms with van der Waals surface area (Å²) in [5.41, 5.74) is 2.14. The van der Waals surface area contributed by atoms with Crippen LogP contribution in [0.4, 0.5) is 5.82 Å². The second-order valence-corrected chi connectivity index (χ2v) is 9.54. The number of aryl methyl sites for hydroxylation is 1. The molecule has 1 saturated heterocycles. The van der Waals surface area contributed by atoms with Gasteiger partial charge in [0.1, 0.15) is 11.6 Å². The van der Waals surface area contributed by atoms with Gasteiger partial charge in [0.2, 0.25) is 11.8 Å². The molecule has 1 saturated carbocycles. The minimum atomic E-state index is 0.0227. The molecule has 2 aliphatic heterocycles. The van der Waals surface area contributed by atoms with E-state index in [1.165, 1.54) is 32.1 Å². The van der Waals surface area contributed by atoms with Gasteiger partial charge in [-0.1, -0.05) is 19.3 Å². The summed E-state index contributed by atoms with van der Waals surface area (Å²) in [6.45, 7) is 5.90. The first kappa shape index (κ1) is 23.1. The van der Waals surface area contributed by atoms with E-state index in [2.05, 4.69) is 17.1 Å². The first-order valence-electron chi connectivity index (χ1n) is 12.2. The van der Waals surface area contributed by atoms with Crippen LogP contribution in [0.25, 0.3) is 0 Å². The van der Waals surface area contributed by atoms with Gasteiger partial charge in [-0.05, 0) is 45.1 Å². The van der Waals surface area contributed by atoms with Gasteiger partial charge in [0.15, 0.2) is 0 Å². The Bertz CT molecular complexity index is 824. The molecule has 0 aromatic carbocycles. The van der Waals surface area contributed by atoms with Crippen molar-refractivity contribution in [3.63, 3.8) is 0 Å². The zero-order valence-corrected chi connectivity index (χ0v) is 19.6. The summed E-state index contributed by atoms with van der Waals surface area (Å²) in [6.07, 6.45) is 8.49. The van der Waals surface area contributed by atoms with E-state index in [0.29, 0.717) is 32.0 Å². The topological polar surface area (TPSA) is 87.7 Å². The molecule has 0 spiro atoms. The van der Waals surface area contributed by atoms with Gasteiger partial charge < -0.3 is 10.1 Å². The molecule has 176 valence electrons. The van der Waals surface area contributed by atoms with Crippen LogP contribution < -0.4 is 10.2 Å². The van der Waals surface area contributed by atoms with Gasteiger partial charge in [0.25, 0.3) is 0 Å². The number of methoxy groups -OCH3 is 1. The second kappa shape index (κ2) is 10.7. The van der Waals surface area contributed by atoms with Crippen LogP contribution in [0.3, 0.4) is 0 Å². The zero-order valence-electron chi connectivity index (χ0n) is 19.6. The highest BCUT2D eigenvalue weighted by Crippen LogP contribution is 2.34. The third-order valence-corrected chi connectivity index (χ3v) is 7.15. The zero-order chi connectivity index (χ0) is 22.5. The predicted octanol–water partition coefficient (Wildman–Crippen LogP) is 2.20. The monoisotopic (exact) mass is 443 g/mol. The van der Waals surface area contributed by atoms with Gasteiger partial charge in [0.05, 0.1) is 13.2 Å². The summed E-state index contributed by atoms with van der Waals surface area (Å²) in [4.78, 5) is 39.0. The summed E-state index contributed by atoms with van der Waals surface area (Å²) >= 11 is 0. The number of aromatic nitrogens is 2. The molecule has 1 aliphatic carbocycles. The number of fused-ring (bicyclic) bond motifs is 1. The number of hydrogen-bond donors (Lipinski definition) is 1. The lowest BCUT2D eigenvalue weighted by molar-refractivity contribution is -0.122. The maximum absolute atomic E-state index is 12.9. The van der Waals surface area contributed by atoms with Crippen molar-refractivity contribution in [3.05, 3.63) is 17.1 Å².